The second-order valence-corrected chi connectivity index (χ2v) is 3.93. The predicted molar refractivity (Wildman–Crippen MR) is 55.9 cm³/mol. The van der Waals surface area contributed by atoms with Gasteiger partial charge in [-0.3, -0.25) is 0 Å². The number of hydrogen-bond donors (Lipinski definition) is 1. The van der Waals surface area contributed by atoms with E-state index in [1.165, 1.54) is 6.20 Å². The Morgan fingerprint density at radius 3 is 2.93 bits per heavy atom. The molecule has 4 nitrogen and oxygen atoms in total. The molecule has 1 aromatic heterocycles. The topological polar surface area (TPSA) is 55.1 Å². The van der Waals surface area contributed by atoms with Crippen LogP contribution in [-0.2, 0) is 0 Å². The first-order valence-corrected chi connectivity index (χ1v) is 4.83. The van der Waals surface area contributed by atoms with Crippen LogP contribution < -0.4 is 0 Å². The third-order valence-electron chi connectivity index (χ3n) is 1.79. The summed E-state index contributed by atoms with van der Waals surface area (Å²) in [5.74, 6) is 0. The van der Waals surface area contributed by atoms with Crippen molar-refractivity contribution in [1.82, 2.24) is 9.78 Å². The van der Waals surface area contributed by atoms with E-state index in [4.69, 9.17) is 16.7 Å². The molecule has 2 rings (SSSR count). The molecule has 14 heavy (non-hydrogen) atoms. The van der Waals surface area contributed by atoms with Crippen molar-refractivity contribution in [2.24, 2.45) is 0 Å². The molecule has 0 amide bonds. The van der Waals surface area contributed by atoms with Crippen molar-refractivity contribution >= 4 is 44.5 Å². The molecule has 1 N–H and O–H groups in total. The number of nitrogens with zero attached hydrogens (tertiary/aromatic N) is 2. The van der Waals surface area contributed by atoms with Gasteiger partial charge in [0.05, 0.1) is 16.7 Å². The molecule has 1 aromatic carbocycles. The Morgan fingerprint density at radius 1 is 1.57 bits per heavy atom. The molecule has 0 atom stereocenters. The van der Waals surface area contributed by atoms with E-state index in [0.29, 0.717) is 20.4 Å². The lowest BCUT2D eigenvalue weighted by Crippen LogP contribution is -2.08. The average Bonchev–Trinajstić information content (AvgIpc) is 2.48. The van der Waals surface area contributed by atoms with Crippen molar-refractivity contribution < 1.29 is 9.90 Å². The standard InChI is InChI=1S/C8H4BrClN2O2/c9-5-2-7-4(1-6(5)10)3-11-12(7)8(13)14/h1-3H,(H,13,14). The molecule has 0 aliphatic rings. The molecule has 0 spiro atoms. The Kier molecular flexibility index (Phi) is 2.20. The first-order chi connectivity index (χ1) is 6.59. The SMILES string of the molecule is O=C(O)n1ncc2cc(Cl)c(Br)cc21. The Morgan fingerprint density at radius 2 is 2.29 bits per heavy atom. The molecule has 0 fully saturated rings. The Hall–Kier alpha value is -1.07. The number of rotatable bonds is 0. The number of carbonyl (C=O) groups is 1. The van der Waals surface area contributed by atoms with Crippen molar-refractivity contribution in [3.63, 3.8) is 0 Å². The third-order valence-corrected chi connectivity index (χ3v) is 2.99. The van der Waals surface area contributed by atoms with Gasteiger partial charge in [-0.15, -0.1) is 0 Å². The van der Waals surface area contributed by atoms with Gasteiger partial charge in [0.2, 0.25) is 0 Å². The normalized spacial score (nSPS) is 10.7. The molecule has 0 aliphatic heterocycles. The van der Waals surface area contributed by atoms with Gasteiger partial charge < -0.3 is 5.11 Å². The molecule has 2 aromatic rings. The molecular weight excluding hydrogens is 271 g/mol. The van der Waals surface area contributed by atoms with Gasteiger partial charge >= 0.3 is 6.09 Å². The van der Waals surface area contributed by atoms with E-state index in [1.807, 2.05) is 0 Å². The van der Waals surface area contributed by atoms with Crippen LogP contribution in [0.25, 0.3) is 10.9 Å². The summed E-state index contributed by atoms with van der Waals surface area (Å²) >= 11 is 9.06. The summed E-state index contributed by atoms with van der Waals surface area (Å²) in [6, 6.07) is 3.28. The highest BCUT2D eigenvalue weighted by atomic mass is 79.9. The van der Waals surface area contributed by atoms with Crippen LogP contribution in [0.3, 0.4) is 0 Å². The van der Waals surface area contributed by atoms with Crippen LogP contribution in [0.4, 0.5) is 4.79 Å². The van der Waals surface area contributed by atoms with Crippen molar-refractivity contribution in [2.75, 3.05) is 0 Å². The van der Waals surface area contributed by atoms with Crippen LogP contribution in [0.1, 0.15) is 0 Å². The van der Waals surface area contributed by atoms with Gasteiger partial charge in [0, 0.05) is 9.86 Å². The summed E-state index contributed by atoms with van der Waals surface area (Å²) in [6.07, 6.45) is 0.344. The van der Waals surface area contributed by atoms with E-state index in [-0.39, 0.29) is 0 Å². The highest BCUT2D eigenvalue weighted by Gasteiger charge is 2.10. The van der Waals surface area contributed by atoms with Crippen LogP contribution >= 0.6 is 27.5 Å². The maximum absolute atomic E-state index is 10.7. The lowest BCUT2D eigenvalue weighted by Gasteiger charge is -1.98. The van der Waals surface area contributed by atoms with Crippen LogP contribution in [0.2, 0.25) is 5.02 Å². The maximum atomic E-state index is 10.7. The van der Waals surface area contributed by atoms with Crippen LogP contribution in [-0.4, -0.2) is 21.0 Å². The van der Waals surface area contributed by atoms with Crippen LogP contribution in [0, 0.1) is 0 Å². The summed E-state index contributed by atoms with van der Waals surface area (Å²) in [6.45, 7) is 0. The first kappa shape index (κ1) is 9.48. The maximum Gasteiger partial charge on any atom is 0.432 e. The van der Waals surface area contributed by atoms with Crippen molar-refractivity contribution in [3.8, 4) is 0 Å². The molecule has 0 aliphatic carbocycles. The van der Waals surface area contributed by atoms with Gasteiger partial charge in [-0.05, 0) is 28.1 Å². The zero-order valence-corrected chi connectivity index (χ0v) is 9.08. The summed E-state index contributed by atoms with van der Waals surface area (Å²) in [7, 11) is 0. The number of aromatic nitrogens is 2. The first-order valence-electron chi connectivity index (χ1n) is 3.65. The molecule has 0 saturated heterocycles. The molecule has 72 valence electrons. The lowest BCUT2D eigenvalue weighted by molar-refractivity contribution is 0.194. The number of halogens is 2. The Labute approximate surface area is 92.2 Å². The number of carboxylic acid groups (broad SMARTS) is 1. The molecule has 6 heteroatoms. The van der Waals surface area contributed by atoms with E-state index in [1.54, 1.807) is 12.1 Å². The second kappa shape index (κ2) is 3.25. The van der Waals surface area contributed by atoms with E-state index < -0.39 is 6.09 Å². The minimum Gasteiger partial charge on any atom is -0.463 e. The minimum atomic E-state index is -1.12. The Bertz CT molecular complexity index is 523. The average molecular weight is 275 g/mol. The van der Waals surface area contributed by atoms with Crippen molar-refractivity contribution in [2.45, 2.75) is 0 Å². The van der Waals surface area contributed by atoms with Gasteiger partial charge in [-0.25, -0.2) is 4.79 Å². The Balaban J connectivity index is 2.80. The molecule has 0 bridgehead atoms. The highest BCUT2D eigenvalue weighted by molar-refractivity contribution is 9.10. The predicted octanol–water partition coefficient (Wildman–Crippen LogP) is 2.98. The van der Waals surface area contributed by atoms with Gasteiger partial charge in [0.15, 0.2) is 0 Å². The third kappa shape index (κ3) is 1.38. The molecule has 0 radical (unpaired) electrons. The fraction of sp³-hybridized carbons (Fsp3) is 0. The van der Waals surface area contributed by atoms with E-state index >= 15 is 0 Å². The minimum absolute atomic E-state index is 0.508. The summed E-state index contributed by atoms with van der Waals surface area (Å²) in [5, 5.41) is 13.7. The molecule has 0 saturated carbocycles. The second-order valence-electron chi connectivity index (χ2n) is 2.66. The lowest BCUT2D eigenvalue weighted by atomic mass is 10.2. The van der Waals surface area contributed by atoms with E-state index in [9.17, 15) is 4.79 Å². The zero-order valence-electron chi connectivity index (χ0n) is 6.74. The van der Waals surface area contributed by atoms with Gasteiger partial charge in [0.1, 0.15) is 0 Å². The summed E-state index contributed by atoms with van der Waals surface area (Å²) in [4.78, 5) is 10.7. The van der Waals surface area contributed by atoms with E-state index in [2.05, 4.69) is 21.0 Å². The highest BCUT2D eigenvalue weighted by Crippen LogP contribution is 2.27. The largest absolute Gasteiger partial charge is 0.463 e. The zero-order chi connectivity index (χ0) is 10.3. The van der Waals surface area contributed by atoms with Gasteiger partial charge in [0.25, 0.3) is 0 Å². The molecule has 1 heterocycles. The quantitative estimate of drug-likeness (QED) is 0.804. The fourth-order valence-electron chi connectivity index (χ4n) is 1.17. The fourth-order valence-corrected chi connectivity index (χ4v) is 1.68. The van der Waals surface area contributed by atoms with Crippen LogP contribution in [0.15, 0.2) is 22.8 Å². The van der Waals surface area contributed by atoms with Gasteiger partial charge in [-0.2, -0.15) is 9.78 Å². The molecular formula is C8H4BrClN2O2. The van der Waals surface area contributed by atoms with E-state index in [0.717, 1.165) is 4.68 Å². The van der Waals surface area contributed by atoms with Crippen molar-refractivity contribution in [1.29, 1.82) is 0 Å². The summed E-state index contributed by atoms with van der Waals surface area (Å²) < 4.78 is 1.55. The van der Waals surface area contributed by atoms with Crippen molar-refractivity contribution in [3.05, 3.63) is 27.8 Å². The number of fused-ring (bicyclic) bond motifs is 1. The smallest absolute Gasteiger partial charge is 0.432 e. The number of hydrogen-bond acceptors (Lipinski definition) is 2. The van der Waals surface area contributed by atoms with Gasteiger partial charge in [-0.1, -0.05) is 11.6 Å². The van der Waals surface area contributed by atoms with Crippen LogP contribution in [0.5, 0.6) is 0 Å². The molecule has 0 unspecified atom stereocenters. The number of benzene rings is 1. The summed E-state index contributed by atoms with van der Waals surface area (Å²) in [5.41, 5.74) is 0.508. The monoisotopic (exact) mass is 274 g/mol.